The van der Waals surface area contributed by atoms with Gasteiger partial charge in [0.25, 0.3) is 0 Å². The van der Waals surface area contributed by atoms with Gasteiger partial charge in [-0.2, -0.15) is 0 Å². The summed E-state index contributed by atoms with van der Waals surface area (Å²) < 4.78 is 6.94. The maximum atomic E-state index is 10.9. The molecule has 0 aliphatic heterocycles. The molecule has 0 aliphatic rings. The minimum absolute atomic E-state index is 0.00658. The van der Waals surface area contributed by atoms with E-state index >= 15 is 0 Å². The van der Waals surface area contributed by atoms with Crippen molar-refractivity contribution in [2.24, 2.45) is 0 Å². The number of carboxylic acid groups (broad SMARTS) is 1. The van der Waals surface area contributed by atoms with Gasteiger partial charge >= 0.3 is 5.97 Å². The third kappa shape index (κ3) is 4.70. The second-order valence-corrected chi connectivity index (χ2v) is 4.73. The highest BCUT2D eigenvalue weighted by Crippen LogP contribution is 2.11. The second kappa shape index (κ2) is 7.56. The molecule has 0 amide bonds. The van der Waals surface area contributed by atoms with Crippen LogP contribution in [0.15, 0.2) is 43.0 Å². The van der Waals surface area contributed by atoms with Gasteiger partial charge in [-0.15, -0.1) is 0 Å². The van der Waals surface area contributed by atoms with Crippen molar-refractivity contribution >= 4 is 5.97 Å². The molecule has 0 saturated heterocycles. The molecule has 1 heterocycles. The Kier molecular flexibility index (Phi) is 5.48. The molecule has 1 aromatic carbocycles. The fourth-order valence-corrected chi connectivity index (χ4v) is 2.07. The predicted octanol–water partition coefficient (Wildman–Crippen LogP) is 1.41. The van der Waals surface area contributed by atoms with Gasteiger partial charge in [0.1, 0.15) is 0 Å². The molecular formula is C15H19N3O3. The van der Waals surface area contributed by atoms with Crippen LogP contribution in [0.1, 0.15) is 5.56 Å². The largest absolute Gasteiger partial charge is 0.480 e. The van der Waals surface area contributed by atoms with Crippen molar-refractivity contribution in [1.82, 2.24) is 14.5 Å². The number of rotatable bonds is 8. The van der Waals surface area contributed by atoms with Crippen molar-refractivity contribution in [1.29, 1.82) is 0 Å². The normalized spacial score (nSPS) is 11.0. The van der Waals surface area contributed by atoms with E-state index in [1.165, 1.54) is 0 Å². The Morgan fingerprint density at radius 2 is 2.14 bits per heavy atom. The van der Waals surface area contributed by atoms with Crippen molar-refractivity contribution in [3.8, 4) is 5.69 Å². The first-order valence-corrected chi connectivity index (χ1v) is 6.69. The summed E-state index contributed by atoms with van der Waals surface area (Å²) in [5.74, 6) is -0.832. The van der Waals surface area contributed by atoms with E-state index in [9.17, 15) is 4.79 Å². The average Bonchev–Trinajstić information content (AvgIpc) is 2.99. The molecule has 2 rings (SSSR count). The molecule has 6 nitrogen and oxygen atoms in total. The minimum Gasteiger partial charge on any atom is -0.480 e. The van der Waals surface area contributed by atoms with E-state index in [2.05, 4.69) is 4.98 Å². The van der Waals surface area contributed by atoms with Gasteiger partial charge in [-0.1, -0.05) is 12.1 Å². The summed E-state index contributed by atoms with van der Waals surface area (Å²) in [5, 5.41) is 8.94. The summed E-state index contributed by atoms with van der Waals surface area (Å²) in [7, 11) is 1.61. The SMILES string of the molecule is COCCN(CC(=O)O)Cc1ccc(-n2ccnc2)cc1. The quantitative estimate of drug-likeness (QED) is 0.795. The van der Waals surface area contributed by atoms with Crippen LogP contribution in [0.25, 0.3) is 5.69 Å². The van der Waals surface area contributed by atoms with Gasteiger partial charge in [0.2, 0.25) is 0 Å². The van der Waals surface area contributed by atoms with Gasteiger partial charge in [0, 0.05) is 38.3 Å². The van der Waals surface area contributed by atoms with E-state index in [0.717, 1.165) is 11.3 Å². The van der Waals surface area contributed by atoms with Crippen LogP contribution < -0.4 is 0 Å². The highest BCUT2D eigenvalue weighted by molar-refractivity contribution is 5.69. The number of imidazole rings is 1. The summed E-state index contributed by atoms with van der Waals surface area (Å²) in [4.78, 5) is 16.7. The Balaban J connectivity index is 2.01. The van der Waals surface area contributed by atoms with E-state index in [0.29, 0.717) is 19.7 Å². The molecule has 1 N–H and O–H groups in total. The number of carbonyl (C=O) groups is 1. The fourth-order valence-electron chi connectivity index (χ4n) is 2.07. The number of aromatic nitrogens is 2. The van der Waals surface area contributed by atoms with Crippen molar-refractivity contribution in [2.45, 2.75) is 6.54 Å². The van der Waals surface area contributed by atoms with E-state index < -0.39 is 5.97 Å². The fraction of sp³-hybridized carbons (Fsp3) is 0.333. The first-order chi connectivity index (χ1) is 10.2. The van der Waals surface area contributed by atoms with E-state index in [1.54, 1.807) is 19.6 Å². The molecule has 6 heteroatoms. The number of methoxy groups -OCH3 is 1. The van der Waals surface area contributed by atoms with Gasteiger partial charge in [-0.25, -0.2) is 4.98 Å². The topological polar surface area (TPSA) is 67.6 Å². The summed E-state index contributed by atoms with van der Waals surface area (Å²) in [5.41, 5.74) is 2.09. The molecule has 1 aromatic heterocycles. The van der Waals surface area contributed by atoms with Gasteiger partial charge in [-0.05, 0) is 17.7 Å². The molecule has 2 aromatic rings. The Morgan fingerprint density at radius 3 is 2.71 bits per heavy atom. The molecule has 0 aliphatic carbocycles. The number of aliphatic carboxylic acids is 1. The first-order valence-electron chi connectivity index (χ1n) is 6.69. The zero-order valence-electron chi connectivity index (χ0n) is 12.0. The van der Waals surface area contributed by atoms with Crippen molar-refractivity contribution in [3.05, 3.63) is 48.5 Å². The number of carboxylic acids is 1. The minimum atomic E-state index is -0.832. The number of hydrogen-bond donors (Lipinski definition) is 1. The zero-order chi connectivity index (χ0) is 15.1. The summed E-state index contributed by atoms with van der Waals surface area (Å²) in [6, 6.07) is 7.98. The molecule has 0 fully saturated rings. The Morgan fingerprint density at radius 1 is 1.38 bits per heavy atom. The third-order valence-electron chi connectivity index (χ3n) is 3.12. The molecule has 0 atom stereocenters. The molecular weight excluding hydrogens is 270 g/mol. The third-order valence-corrected chi connectivity index (χ3v) is 3.12. The van der Waals surface area contributed by atoms with Crippen molar-refractivity contribution in [3.63, 3.8) is 0 Å². The van der Waals surface area contributed by atoms with Crippen LogP contribution in [0, 0.1) is 0 Å². The Bertz CT molecular complexity index is 552. The van der Waals surface area contributed by atoms with Crippen LogP contribution >= 0.6 is 0 Å². The highest BCUT2D eigenvalue weighted by atomic mass is 16.5. The molecule has 0 radical (unpaired) electrons. The summed E-state index contributed by atoms with van der Waals surface area (Å²) >= 11 is 0. The Hall–Kier alpha value is -2.18. The number of ether oxygens (including phenoxy) is 1. The lowest BCUT2D eigenvalue weighted by molar-refractivity contribution is -0.138. The van der Waals surface area contributed by atoms with E-state index in [1.807, 2.05) is 39.9 Å². The van der Waals surface area contributed by atoms with Crippen LogP contribution in [-0.4, -0.2) is 52.3 Å². The van der Waals surface area contributed by atoms with Crippen LogP contribution in [0.2, 0.25) is 0 Å². The molecule has 112 valence electrons. The van der Waals surface area contributed by atoms with Crippen LogP contribution in [0.3, 0.4) is 0 Å². The van der Waals surface area contributed by atoms with E-state index in [-0.39, 0.29) is 6.54 Å². The summed E-state index contributed by atoms with van der Waals surface area (Å²) in [6.45, 7) is 1.69. The lowest BCUT2D eigenvalue weighted by atomic mass is 10.2. The smallest absolute Gasteiger partial charge is 0.317 e. The lowest BCUT2D eigenvalue weighted by Gasteiger charge is -2.20. The monoisotopic (exact) mass is 289 g/mol. The van der Waals surface area contributed by atoms with Gasteiger partial charge in [0.05, 0.1) is 19.5 Å². The van der Waals surface area contributed by atoms with Gasteiger partial charge in [-0.3, -0.25) is 9.69 Å². The summed E-state index contributed by atoms with van der Waals surface area (Å²) in [6.07, 6.45) is 5.35. The second-order valence-electron chi connectivity index (χ2n) is 4.73. The molecule has 0 saturated carbocycles. The number of nitrogens with zero attached hydrogens (tertiary/aromatic N) is 3. The van der Waals surface area contributed by atoms with Gasteiger partial charge in [0.15, 0.2) is 0 Å². The van der Waals surface area contributed by atoms with Crippen LogP contribution in [0.4, 0.5) is 0 Å². The molecule has 21 heavy (non-hydrogen) atoms. The van der Waals surface area contributed by atoms with Gasteiger partial charge < -0.3 is 14.4 Å². The maximum absolute atomic E-state index is 10.9. The molecule has 0 bridgehead atoms. The molecule has 0 unspecified atom stereocenters. The van der Waals surface area contributed by atoms with E-state index in [4.69, 9.17) is 9.84 Å². The lowest BCUT2D eigenvalue weighted by Crippen LogP contribution is -2.32. The highest BCUT2D eigenvalue weighted by Gasteiger charge is 2.10. The maximum Gasteiger partial charge on any atom is 0.317 e. The standard InChI is InChI=1S/C15H19N3O3/c1-21-9-8-17(11-15(19)20)10-13-2-4-14(5-3-13)18-7-6-16-12-18/h2-7,12H,8-11H2,1H3,(H,19,20). The van der Waals surface area contributed by atoms with Crippen LogP contribution in [-0.2, 0) is 16.1 Å². The predicted molar refractivity (Wildman–Crippen MR) is 78.4 cm³/mol. The number of hydrogen-bond acceptors (Lipinski definition) is 4. The van der Waals surface area contributed by atoms with Crippen molar-refractivity contribution in [2.75, 3.05) is 26.8 Å². The van der Waals surface area contributed by atoms with Crippen molar-refractivity contribution < 1.29 is 14.6 Å². The Labute approximate surface area is 123 Å². The average molecular weight is 289 g/mol. The zero-order valence-corrected chi connectivity index (χ0v) is 12.0. The molecule has 0 spiro atoms. The first kappa shape index (κ1) is 15.2. The number of benzene rings is 1. The van der Waals surface area contributed by atoms with Crippen LogP contribution in [0.5, 0.6) is 0 Å².